The van der Waals surface area contributed by atoms with Crippen molar-refractivity contribution in [2.75, 3.05) is 0 Å². The summed E-state index contributed by atoms with van der Waals surface area (Å²) >= 11 is 3.05. The van der Waals surface area contributed by atoms with Crippen molar-refractivity contribution in [2.24, 2.45) is 0 Å². The van der Waals surface area contributed by atoms with Gasteiger partial charge in [0.05, 0.1) is 4.47 Å². The number of hydrogen-bond acceptors (Lipinski definition) is 3. The van der Waals surface area contributed by atoms with Gasteiger partial charge in [0.15, 0.2) is 0 Å². The van der Waals surface area contributed by atoms with Crippen LogP contribution >= 0.6 is 15.9 Å². The first-order valence-corrected chi connectivity index (χ1v) is 6.11. The number of carboxylic acids is 1. The predicted molar refractivity (Wildman–Crippen MR) is 69.6 cm³/mol. The Balaban J connectivity index is 2.07. The molecule has 98 valence electrons. The molecule has 0 unspecified atom stereocenters. The molecule has 0 aliphatic rings. The Kier molecular flexibility index (Phi) is 4.11. The Morgan fingerprint density at radius 1 is 1.37 bits per heavy atom. The number of carboxylic acid groups (broad SMARTS) is 1. The Bertz CT molecular complexity index is 619. The van der Waals surface area contributed by atoms with Gasteiger partial charge in [-0.1, -0.05) is 0 Å². The molecule has 0 fully saturated rings. The van der Waals surface area contributed by atoms with E-state index in [0.29, 0.717) is 15.8 Å². The molecule has 1 heterocycles. The molecule has 0 saturated heterocycles. The smallest absolute Gasteiger partial charge is 0.354 e. The molecule has 0 radical (unpaired) electrons. The Labute approximate surface area is 117 Å². The fourth-order valence-corrected chi connectivity index (χ4v) is 1.66. The molecular formula is C13H9BrFNO3. The van der Waals surface area contributed by atoms with Gasteiger partial charge in [0.1, 0.15) is 23.9 Å². The average molecular weight is 326 g/mol. The number of halogens is 2. The molecule has 0 atom stereocenters. The lowest BCUT2D eigenvalue weighted by atomic mass is 10.2. The minimum absolute atomic E-state index is 0.0527. The SMILES string of the molecule is O=C(O)c1cc(COc2ccc(Br)c(F)c2)ccn1. The molecule has 1 N–H and O–H groups in total. The number of aromatic carboxylic acids is 1. The van der Waals surface area contributed by atoms with Crippen molar-refractivity contribution in [1.82, 2.24) is 4.98 Å². The molecule has 0 amide bonds. The second-order valence-electron chi connectivity index (χ2n) is 3.72. The van der Waals surface area contributed by atoms with Crippen molar-refractivity contribution < 1.29 is 19.0 Å². The van der Waals surface area contributed by atoms with Gasteiger partial charge in [0, 0.05) is 12.3 Å². The molecule has 0 aliphatic carbocycles. The van der Waals surface area contributed by atoms with Crippen molar-refractivity contribution >= 4 is 21.9 Å². The number of pyridine rings is 1. The Morgan fingerprint density at radius 2 is 2.16 bits per heavy atom. The van der Waals surface area contributed by atoms with Crippen LogP contribution in [0.25, 0.3) is 0 Å². The first kappa shape index (κ1) is 13.5. The lowest BCUT2D eigenvalue weighted by Crippen LogP contribution is -2.03. The zero-order chi connectivity index (χ0) is 13.8. The van der Waals surface area contributed by atoms with Crippen LogP contribution in [0.4, 0.5) is 4.39 Å². The first-order valence-electron chi connectivity index (χ1n) is 5.32. The molecule has 0 bridgehead atoms. The van der Waals surface area contributed by atoms with Crippen molar-refractivity contribution in [3.63, 3.8) is 0 Å². The summed E-state index contributed by atoms with van der Waals surface area (Å²) in [4.78, 5) is 14.4. The summed E-state index contributed by atoms with van der Waals surface area (Å²) in [6.45, 7) is 0.143. The summed E-state index contributed by atoms with van der Waals surface area (Å²) in [5.41, 5.74) is 0.596. The third-order valence-electron chi connectivity index (χ3n) is 2.34. The monoisotopic (exact) mass is 325 g/mol. The molecule has 1 aromatic carbocycles. The fraction of sp³-hybridized carbons (Fsp3) is 0.0769. The zero-order valence-electron chi connectivity index (χ0n) is 9.64. The van der Waals surface area contributed by atoms with Gasteiger partial charge in [-0.15, -0.1) is 0 Å². The molecule has 0 saturated carbocycles. The van der Waals surface area contributed by atoms with Crippen LogP contribution in [0.3, 0.4) is 0 Å². The van der Waals surface area contributed by atoms with Crippen LogP contribution in [-0.4, -0.2) is 16.1 Å². The highest BCUT2D eigenvalue weighted by Gasteiger charge is 2.06. The van der Waals surface area contributed by atoms with E-state index in [0.717, 1.165) is 0 Å². The largest absolute Gasteiger partial charge is 0.489 e. The number of benzene rings is 1. The van der Waals surface area contributed by atoms with Crippen molar-refractivity contribution in [2.45, 2.75) is 6.61 Å². The summed E-state index contributed by atoms with van der Waals surface area (Å²) in [6, 6.07) is 7.47. The van der Waals surface area contributed by atoms with Gasteiger partial charge >= 0.3 is 5.97 Å². The molecule has 6 heteroatoms. The van der Waals surface area contributed by atoms with Gasteiger partial charge < -0.3 is 9.84 Å². The normalized spacial score (nSPS) is 10.2. The van der Waals surface area contributed by atoms with E-state index in [1.54, 1.807) is 18.2 Å². The molecular weight excluding hydrogens is 317 g/mol. The van der Waals surface area contributed by atoms with E-state index in [1.165, 1.54) is 18.3 Å². The van der Waals surface area contributed by atoms with Gasteiger partial charge in [-0.3, -0.25) is 0 Å². The van der Waals surface area contributed by atoms with E-state index in [9.17, 15) is 9.18 Å². The Morgan fingerprint density at radius 3 is 2.84 bits per heavy atom. The quantitative estimate of drug-likeness (QED) is 0.937. The van der Waals surface area contributed by atoms with E-state index in [1.807, 2.05) is 0 Å². The van der Waals surface area contributed by atoms with Gasteiger partial charge in [-0.25, -0.2) is 14.2 Å². The second kappa shape index (κ2) is 5.79. The number of rotatable bonds is 4. The maximum Gasteiger partial charge on any atom is 0.354 e. The van der Waals surface area contributed by atoms with E-state index >= 15 is 0 Å². The molecule has 1 aromatic heterocycles. The lowest BCUT2D eigenvalue weighted by Gasteiger charge is -2.07. The van der Waals surface area contributed by atoms with Gasteiger partial charge in [-0.05, 0) is 45.8 Å². The van der Waals surface area contributed by atoms with E-state index in [4.69, 9.17) is 9.84 Å². The maximum absolute atomic E-state index is 13.3. The first-order chi connectivity index (χ1) is 9.06. The van der Waals surface area contributed by atoms with Crippen LogP contribution in [0.5, 0.6) is 5.75 Å². The number of nitrogens with zero attached hydrogens (tertiary/aromatic N) is 1. The molecule has 2 rings (SSSR count). The second-order valence-corrected chi connectivity index (χ2v) is 4.57. The number of aromatic nitrogens is 1. The number of ether oxygens (including phenoxy) is 1. The van der Waals surface area contributed by atoms with Gasteiger partial charge in [0.2, 0.25) is 0 Å². The molecule has 19 heavy (non-hydrogen) atoms. The highest BCUT2D eigenvalue weighted by molar-refractivity contribution is 9.10. The van der Waals surface area contributed by atoms with Crippen LogP contribution in [0.1, 0.15) is 16.1 Å². The maximum atomic E-state index is 13.3. The lowest BCUT2D eigenvalue weighted by molar-refractivity contribution is 0.0690. The summed E-state index contributed by atoms with van der Waals surface area (Å²) in [5, 5.41) is 8.80. The Hall–Kier alpha value is -1.95. The minimum Gasteiger partial charge on any atom is -0.489 e. The minimum atomic E-state index is -1.10. The predicted octanol–water partition coefficient (Wildman–Crippen LogP) is 3.26. The number of carbonyl (C=O) groups is 1. The summed E-state index contributed by atoms with van der Waals surface area (Å²) < 4.78 is 19.0. The van der Waals surface area contributed by atoms with E-state index < -0.39 is 11.8 Å². The standard InChI is InChI=1S/C13H9BrFNO3/c14-10-2-1-9(6-11(10)15)19-7-8-3-4-16-12(5-8)13(17)18/h1-6H,7H2,(H,17,18). The van der Waals surface area contributed by atoms with Crippen LogP contribution in [0.2, 0.25) is 0 Å². The highest BCUT2D eigenvalue weighted by Crippen LogP contribution is 2.21. The van der Waals surface area contributed by atoms with E-state index in [2.05, 4.69) is 20.9 Å². The van der Waals surface area contributed by atoms with Crippen LogP contribution in [0, 0.1) is 5.82 Å². The van der Waals surface area contributed by atoms with Gasteiger partial charge in [0.25, 0.3) is 0 Å². The van der Waals surface area contributed by atoms with Crippen LogP contribution < -0.4 is 4.74 Å². The summed E-state index contributed by atoms with van der Waals surface area (Å²) in [7, 11) is 0. The highest BCUT2D eigenvalue weighted by atomic mass is 79.9. The van der Waals surface area contributed by atoms with Gasteiger partial charge in [-0.2, -0.15) is 0 Å². The third kappa shape index (κ3) is 3.51. The van der Waals surface area contributed by atoms with Crippen molar-refractivity contribution in [3.05, 3.63) is 58.1 Å². The summed E-state index contributed by atoms with van der Waals surface area (Å²) in [6.07, 6.45) is 1.39. The fourth-order valence-electron chi connectivity index (χ4n) is 1.41. The average Bonchev–Trinajstić information content (AvgIpc) is 2.40. The number of hydrogen-bond donors (Lipinski definition) is 1. The zero-order valence-corrected chi connectivity index (χ0v) is 11.2. The third-order valence-corrected chi connectivity index (χ3v) is 2.98. The van der Waals surface area contributed by atoms with Crippen molar-refractivity contribution in [3.8, 4) is 5.75 Å². The molecule has 4 nitrogen and oxygen atoms in total. The molecule has 0 spiro atoms. The topological polar surface area (TPSA) is 59.4 Å². The van der Waals surface area contributed by atoms with Crippen LogP contribution in [0.15, 0.2) is 41.0 Å². The molecule has 0 aliphatic heterocycles. The van der Waals surface area contributed by atoms with Crippen LogP contribution in [-0.2, 0) is 6.61 Å². The summed E-state index contributed by atoms with van der Waals surface area (Å²) in [5.74, 6) is -1.15. The van der Waals surface area contributed by atoms with E-state index in [-0.39, 0.29) is 12.3 Å². The van der Waals surface area contributed by atoms with Crippen molar-refractivity contribution in [1.29, 1.82) is 0 Å². The molecule has 2 aromatic rings.